The first-order valence-electron chi connectivity index (χ1n) is 34.9. The van der Waals surface area contributed by atoms with Gasteiger partial charge in [0.15, 0.2) is 17.6 Å². The molecule has 0 aliphatic carbocycles. The fourth-order valence-corrected chi connectivity index (χ4v) is 17.9. The van der Waals surface area contributed by atoms with Crippen molar-refractivity contribution in [2.24, 2.45) is 0 Å². The van der Waals surface area contributed by atoms with Crippen LogP contribution in [-0.2, 0) is 48.6 Å². The van der Waals surface area contributed by atoms with Crippen molar-refractivity contribution in [3.8, 4) is 57.3 Å². The summed E-state index contributed by atoms with van der Waals surface area (Å²) in [4.78, 5) is 43.8. The first-order chi connectivity index (χ1) is 54.1. The molecule has 0 radical (unpaired) electrons. The molecule has 3 aliphatic heterocycles. The van der Waals surface area contributed by atoms with E-state index in [4.69, 9.17) is 69.3 Å². The molecule has 0 atom stereocenters. The number of aldehydes is 1. The number of aryl methyl sites for hydroxylation is 1. The van der Waals surface area contributed by atoms with Crippen LogP contribution >= 0.6 is 23.2 Å². The normalized spacial score (nSPS) is 14.5. The zero-order chi connectivity index (χ0) is 81.9. The number of aromatic nitrogens is 7. The number of phenolic OH excluding ortho intramolecular Hbond substituents is 3. The van der Waals surface area contributed by atoms with E-state index < -0.39 is 53.5 Å². The average Bonchev–Trinajstić information content (AvgIpc) is 1.58. The van der Waals surface area contributed by atoms with Crippen molar-refractivity contribution in [1.29, 1.82) is 0 Å². The molecule has 11 aromatic rings. The van der Waals surface area contributed by atoms with Gasteiger partial charge in [0.1, 0.15) is 57.2 Å². The van der Waals surface area contributed by atoms with E-state index in [2.05, 4.69) is 20.3 Å². The minimum atomic E-state index is -3.70. The Balaban J connectivity index is 0.000000176. The number of halogens is 2. The Morgan fingerprint density at radius 3 is 1.25 bits per heavy atom. The van der Waals surface area contributed by atoms with Gasteiger partial charge in [0.25, 0.3) is 0 Å². The number of carbonyl (C=O) groups excluding carboxylic acids is 1. The molecule has 0 spiro atoms. The number of hydrogen-bond acceptors (Lipinski definition) is 25. The summed E-state index contributed by atoms with van der Waals surface area (Å²) in [5.41, 5.74) is 5.15. The fraction of sp³-hybridized carbons (Fsp3) is 0.260. The van der Waals surface area contributed by atoms with Gasteiger partial charge in [-0.2, -0.15) is 29.8 Å². The number of piperidine rings is 3. The van der Waals surface area contributed by atoms with Crippen LogP contribution in [-0.4, -0.2) is 226 Å². The summed E-state index contributed by atoms with van der Waals surface area (Å²) < 4.78 is 139. The number of pyridine rings is 3. The SMILES string of the molecule is COc1ccc(S(=O)(=O)N2CCC(Nc3ncccc3[N+](=O)[O-])CC2)cc1Cl.COc1ccc(S(=O)(=O)N2CCC(n3c(-c4ccccc4O)nc4cccnc43)CC2)cc1C.COc1ccc(S(=O)(=O)N2CCC(n3c(-c4ccccc4O)nc4cccnc43)CC2)cc1Cl.O=Cc1ccccc1O.O=S(=O)=S(=O)=O.[Na][Na]. The topological polar surface area (TPSA) is 415 Å². The van der Waals surface area contributed by atoms with E-state index >= 15 is 0 Å². The molecule has 0 bridgehead atoms. The van der Waals surface area contributed by atoms with Gasteiger partial charge in [0, 0.05) is 82.1 Å². The predicted molar refractivity (Wildman–Crippen MR) is 426 cm³/mol. The number of benzene rings is 6. The zero-order valence-corrected chi connectivity index (χ0v) is 71.3. The number of fused-ring (bicyclic) bond motifs is 2. The number of sulfonamides is 3. The van der Waals surface area contributed by atoms with Crippen LogP contribution in [0, 0.1) is 17.0 Å². The Kier molecular flexibility index (Phi) is 31.7. The van der Waals surface area contributed by atoms with E-state index in [1.54, 1.807) is 86.2 Å². The summed E-state index contributed by atoms with van der Waals surface area (Å²) in [5, 5.41) is 44.4. The van der Waals surface area contributed by atoms with Crippen molar-refractivity contribution in [1.82, 2.24) is 47.0 Å². The molecular formula is C73H74Cl2N12Na2O19S5. The molecule has 3 fully saturated rings. The molecule has 0 amide bonds. The molecule has 3 saturated heterocycles. The quantitative estimate of drug-likeness (QED) is 0.0285. The number of para-hydroxylation sites is 3. The molecule has 4 N–H and O–H groups in total. The monoisotopic (exact) mass is 1700 g/mol. The standard InChI is InChI=1S/C25H26N4O4S.C24H23ClN4O4S.C17H19ClN4O5S.C7H6O2.2Na.O4S2/c1-17-16-19(9-10-23(17)33-2)34(31,32)28-14-11-18(12-15-28)29-24(20-6-3-4-8-22(20)30)27-21-7-5-13-26-25(21)29;1-33-22-9-8-17(15-19(22)25)34(31,32)28-13-10-16(11-14-28)29-23(18-5-2-3-7-21(18)30)27-20-6-4-12-26-24(20)29;1-27-16-5-4-13(11-14(16)18)28(25,26)21-9-6-12(7-10-21)20-17-15(22(23)24)3-2-8-19-17;8-5-6-3-1-2-4-7(6)9;;;1-5(2)6(3)4/h3-10,13,16,18,30H,11-12,14-15H2,1-2H3;2-9,12,15-16,30H,10-11,13-14H2,1H3;2-5,8,11-12H,6-7,9-10H2,1H3,(H,19,20);1-5,9H;;;. The van der Waals surface area contributed by atoms with Crippen LogP contribution in [0.3, 0.4) is 0 Å². The van der Waals surface area contributed by atoms with E-state index in [0.717, 1.165) is 22.2 Å². The van der Waals surface area contributed by atoms with Crippen LogP contribution < -0.4 is 19.5 Å². The number of anilines is 1. The second-order valence-corrected chi connectivity index (χ2v) is 33.9. The van der Waals surface area contributed by atoms with Gasteiger partial charge < -0.3 is 44.0 Å². The predicted octanol–water partition coefficient (Wildman–Crippen LogP) is 10.7. The van der Waals surface area contributed by atoms with Crippen molar-refractivity contribution in [2.75, 3.05) is 65.9 Å². The molecule has 586 valence electrons. The molecular weight excluding hydrogens is 1630 g/mol. The molecule has 5 aromatic heterocycles. The van der Waals surface area contributed by atoms with E-state index in [1.165, 1.54) is 125 Å². The Hall–Kier alpha value is -8.67. The first kappa shape index (κ1) is 88.3. The Bertz CT molecular complexity index is 5610. The van der Waals surface area contributed by atoms with Gasteiger partial charge in [-0.05, 0) is 172 Å². The minimum absolute atomic E-state index is 0.00133. The van der Waals surface area contributed by atoms with Crippen molar-refractivity contribution in [3.63, 3.8) is 0 Å². The third-order valence-electron chi connectivity index (χ3n) is 18.2. The second-order valence-electron chi connectivity index (χ2n) is 24.9. The molecule has 3 aliphatic rings. The number of rotatable bonds is 17. The number of nitrogens with one attached hydrogen (secondary N) is 1. The van der Waals surface area contributed by atoms with Crippen molar-refractivity contribution in [2.45, 2.75) is 78.3 Å². The number of nitro groups is 1. The molecule has 6 aromatic carbocycles. The average molecular weight is 1700 g/mol. The number of methoxy groups -OCH3 is 3. The number of aromatic hydroxyl groups is 3. The summed E-state index contributed by atoms with van der Waals surface area (Å²) >= 11 is 15.1. The maximum atomic E-state index is 13.3. The van der Waals surface area contributed by atoms with Crippen LogP contribution in [0.25, 0.3) is 45.1 Å². The molecule has 0 saturated carbocycles. The molecule has 8 heterocycles. The van der Waals surface area contributed by atoms with Gasteiger partial charge in [0.2, 0.25) is 35.9 Å². The van der Waals surface area contributed by atoms with Crippen molar-refractivity contribution >= 4 is 156 Å². The maximum absolute atomic E-state index is 13.3. The third kappa shape index (κ3) is 21.5. The fourth-order valence-electron chi connectivity index (χ4n) is 12.7. The van der Waals surface area contributed by atoms with Gasteiger partial charge in [0.05, 0.1) is 67.7 Å². The van der Waals surface area contributed by atoms with Crippen LogP contribution in [0.2, 0.25) is 10.0 Å². The van der Waals surface area contributed by atoms with Gasteiger partial charge in [-0.3, -0.25) is 14.9 Å². The van der Waals surface area contributed by atoms with E-state index in [0.29, 0.717) is 122 Å². The molecule has 40 heteroatoms. The third-order valence-corrected chi connectivity index (χ3v) is 25.4. The molecule has 14 rings (SSSR count). The number of hydrogen-bond donors (Lipinski definition) is 4. The van der Waals surface area contributed by atoms with E-state index in [1.807, 2.05) is 64.6 Å². The van der Waals surface area contributed by atoms with Crippen molar-refractivity contribution in [3.05, 3.63) is 214 Å². The molecule has 31 nitrogen and oxygen atoms in total. The van der Waals surface area contributed by atoms with E-state index in [-0.39, 0.29) is 84.7 Å². The van der Waals surface area contributed by atoms with Crippen LogP contribution in [0.4, 0.5) is 11.5 Å². The number of phenols is 3. The Labute approximate surface area is 692 Å². The summed E-state index contributed by atoms with van der Waals surface area (Å²) in [6.07, 6.45) is 8.89. The van der Waals surface area contributed by atoms with Crippen LogP contribution in [0.1, 0.15) is 66.5 Å². The van der Waals surface area contributed by atoms with Crippen LogP contribution in [0.5, 0.6) is 34.5 Å². The zero-order valence-electron chi connectivity index (χ0n) is 61.7. The number of carbonyl (C=O) groups is 1. The van der Waals surface area contributed by atoms with E-state index in [9.17, 15) is 50.4 Å². The number of imidazole rings is 2. The summed E-state index contributed by atoms with van der Waals surface area (Å²) in [7, 11) is -12.4. The number of nitrogens with zero attached hydrogens (tertiary/aromatic N) is 11. The first-order valence-corrected chi connectivity index (χ1v) is 50.7. The summed E-state index contributed by atoms with van der Waals surface area (Å²) in [5.74, 6) is 3.26. The summed E-state index contributed by atoms with van der Waals surface area (Å²) in [6.45, 7) is 3.83. The van der Waals surface area contributed by atoms with Gasteiger partial charge in [-0.25, -0.2) is 50.2 Å². The number of ether oxygens (including phenoxy) is 3. The van der Waals surface area contributed by atoms with Gasteiger partial charge in [-0.15, -0.1) is 0 Å². The van der Waals surface area contributed by atoms with Gasteiger partial charge >= 0.3 is 67.8 Å². The molecule has 0 unspecified atom stereocenters. The Morgan fingerprint density at radius 2 is 0.885 bits per heavy atom. The Morgan fingerprint density at radius 1 is 0.513 bits per heavy atom. The van der Waals surface area contributed by atoms with Crippen LogP contribution in [0.15, 0.2) is 197 Å². The van der Waals surface area contributed by atoms with Crippen molar-refractivity contribution < 1.29 is 81.3 Å². The van der Waals surface area contributed by atoms with Gasteiger partial charge in [-0.1, -0.05) is 59.6 Å². The molecule has 113 heavy (non-hydrogen) atoms. The second kappa shape index (κ2) is 40.6. The summed E-state index contributed by atoms with van der Waals surface area (Å²) in [6, 6.07) is 44.5.